The second-order valence-electron chi connectivity index (χ2n) is 7.42. The van der Waals surface area contributed by atoms with Gasteiger partial charge in [-0.25, -0.2) is 0 Å². The van der Waals surface area contributed by atoms with Gasteiger partial charge in [0.2, 0.25) is 0 Å². The number of hydrogen-bond donors (Lipinski definition) is 1. The van der Waals surface area contributed by atoms with Gasteiger partial charge in [-0.1, -0.05) is 50.6 Å². The summed E-state index contributed by atoms with van der Waals surface area (Å²) in [4.78, 5) is 0. The molecule has 1 aliphatic carbocycles. The van der Waals surface area contributed by atoms with E-state index < -0.39 is 6.61 Å². The fraction of sp³-hybridized carbons (Fsp3) is 0.429. The number of halogens is 2. The molecule has 0 heterocycles. The fourth-order valence-corrected chi connectivity index (χ4v) is 4.00. The summed E-state index contributed by atoms with van der Waals surface area (Å²) in [6.45, 7) is 1.71. The molecule has 3 rings (SSSR count). The molecule has 1 fully saturated rings. The van der Waals surface area contributed by atoms with E-state index in [1.165, 1.54) is 18.1 Å². The number of benzene rings is 2. The first kappa shape index (κ1) is 17.9. The lowest BCUT2D eigenvalue weighted by Gasteiger charge is -2.29. The van der Waals surface area contributed by atoms with Crippen molar-refractivity contribution in [3.63, 3.8) is 0 Å². The highest BCUT2D eigenvalue weighted by molar-refractivity contribution is 5.70. The third-order valence-corrected chi connectivity index (χ3v) is 5.30. The van der Waals surface area contributed by atoms with E-state index in [1.54, 1.807) is 12.1 Å². The van der Waals surface area contributed by atoms with Crippen LogP contribution in [0.4, 0.5) is 8.78 Å². The van der Waals surface area contributed by atoms with Crippen LogP contribution in [0.1, 0.15) is 50.2 Å². The Bertz CT molecular complexity index is 740. The number of ether oxygens (including phenoxy) is 1. The molecule has 0 amide bonds. The Morgan fingerprint density at radius 3 is 2.64 bits per heavy atom. The van der Waals surface area contributed by atoms with Gasteiger partial charge in [0.25, 0.3) is 0 Å². The topological polar surface area (TPSA) is 29.5 Å². The van der Waals surface area contributed by atoms with Gasteiger partial charge in [-0.05, 0) is 58.6 Å². The summed E-state index contributed by atoms with van der Waals surface area (Å²) in [5.74, 6) is 0.545. The Kier molecular flexibility index (Phi) is 5.09. The van der Waals surface area contributed by atoms with Crippen LogP contribution in [0.2, 0.25) is 0 Å². The first-order valence-electron chi connectivity index (χ1n) is 8.69. The monoisotopic (exact) mass is 346 g/mol. The largest absolute Gasteiger partial charge is 0.435 e. The molecule has 0 radical (unpaired) electrons. The van der Waals surface area contributed by atoms with E-state index >= 15 is 0 Å². The Balaban J connectivity index is 2.07. The third-order valence-electron chi connectivity index (χ3n) is 5.30. The van der Waals surface area contributed by atoms with E-state index in [2.05, 4.69) is 24.7 Å². The van der Waals surface area contributed by atoms with Crippen molar-refractivity contribution in [2.45, 2.75) is 52.2 Å². The molecule has 134 valence electrons. The molecule has 0 saturated heterocycles. The van der Waals surface area contributed by atoms with Gasteiger partial charge < -0.3 is 9.84 Å². The number of aliphatic hydroxyl groups excluding tert-OH is 1. The normalized spacial score (nSPS) is 19.4. The van der Waals surface area contributed by atoms with Gasteiger partial charge in [-0.2, -0.15) is 8.78 Å². The lowest BCUT2D eigenvalue weighted by molar-refractivity contribution is -0.0498. The van der Waals surface area contributed by atoms with Gasteiger partial charge in [0.15, 0.2) is 0 Å². The van der Waals surface area contributed by atoms with Gasteiger partial charge in [0.05, 0.1) is 6.61 Å². The lowest BCUT2D eigenvalue weighted by atomic mass is 9.75. The van der Waals surface area contributed by atoms with E-state index in [-0.39, 0.29) is 17.8 Å². The van der Waals surface area contributed by atoms with Crippen molar-refractivity contribution in [2.75, 3.05) is 0 Å². The molecule has 1 N–H and O–H groups in total. The van der Waals surface area contributed by atoms with Crippen LogP contribution in [-0.4, -0.2) is 11.7 Å². The first-order chi connectivity index (χ1) is 11.9. The predicted octanol–water partition coefficient (Wildman–Crippen LogP) is 5.74. The standard InChI is InChI=1S/C21H24F2O2/c1-21(2)10-4-7-19(21)18-11-14(13-24)8-9-17(18)15-5-3-6-16(12-15)25-20(22)23/h3,5-6,8-9,11-12,19-20,24H,4,7,10,13H2,1-2H3/t19-/m0/s1. The van der Waals surface area contributed by atoms with E-state index in [1.807, 2.05) is 18.2 Å². The molecular weight excluding hydrogens is 322 g/mol. The number of alkyl halides is 2. The van der Waals surface area contributed by atoms with Crippen LogP contribution in [0, 0.1) is 5.41 Å². The minimum Gasteiger partial charge on any atom is -0.435 e. The number of rotatable bonds is 5. The highest BCUT2D eigenvalue weighted by Gasteiger charge is 2.36. The second-order valence-corrected chi connectivity index (χ2v) is 7.42. The Morgan fingerprint density at radius 1 is 1.20 bits per heavy atom. The minimum absolute atomic E-state index is 0.00500. The summed E-state index contributed by atoms with van der Waals surface area (Å²) in [6, 6.07) is 12.8. The molecule has 0 aliphatic heterocycles. The van der Waals surface area contributed by atoms with Crippen molar-refractivity contribution >= 4 is 0 Å². The van der Waals surface area contributed by atoms with Crippen molar-refractivity contribution < 1.29 is 18.6 Å². The van der Waals surface area contributed by atoms with Gasteiger partial charge in [0.1, 0.15) is 5.75 Å². The van der Waals surface area contributed by atoms with Gasteiger partial charge in [-0.15, -0.1) is 0 Å². The maximum Gasteiger partial charge on any atom is 0.387 e. The van der Waals surface area contributed by atoms with Crippen LogP contribution < -0.4 is 4.74 Å². The maximum atomic E-state index is 12.5. The van der Waals surface area contributed by atoms with E-state index in [0.29, 0.717) is 5.92 Å². The summed E-state index contributed by atoms with van der Waals surface area (Å²) in [7, 11) is 0. The van der Waals surface area contributed by atoms with Crippen LogP contribution in [0.5, 0.6) is 5.75 Å². The summed E-state index contributed by atoms with van der Waals surface area (Å²) < 4.78 is 29.6. The highest BCUT2D eigenvalue weighted by atomic mass is 19.3. The zero-order chi connectivity index (χ0) is 18.0. The molecule has 0 unspecified atom stereocenters. The van der Waals surface area contributed by atoms with E-state index in [0.717, 1.165) is 29.5 Å². The van der Waals surface area contributed by atoms with Crippen LogP contribution >= 0.6 is 0 Å². The zero-order valence-electron chi connectivity index (χ0n) is 14.6. The summed E-state index contributed by atoms with van der Waals surface area (Å²) >= 11 is 0. The average molecular weight is 346 g/mol. The number of hydrogen-bond acceptors (Lipinski definition) is 2. The van der Waals surface area contributed by atoms with Crippen molar-refractivity contribution in [1.29, 1.82) is 0 Å². The minimum atomic E-state index is -2.83. The van der Waals surface area contributed by atoms with Crippen molar-refractivity contribution in [3.05, 3.63) is 53.6 Å². The molecule has 2 aromatic carbocycles. The van der Waals surface area contributed by atoms with Crippen LogP contribution in [0.25, 0.3) is 11.1 Å². The van der Waals surface area contributed by atoms with E-state index in [4.69, 9.17) is 0 Å². The second kappa shape index (κ2) is 7.12. The van der Waals surface area contributed by atoms with Crippen molar-refractivity contribution in [3.8, 4) is 16.9 Å². The zero-order valence-corrected chi connectivity index (χ0v) is 14.6. The SMILES string of the molecule is CC1(C)CCC[C@H]1c1cc(CO)ccc1-c1cccc(OC(F)F)c1. The molecule has 4 heteroatoms. The molecular formula is C21H24F2O2. The Labute approximate surface area is 147 Å². The molecule has 0 bridgehead atoms. The van der Waals surface area contributed by atoms with Gasteiger partial charge >= 0.3 is 6.61 Å². The maximum absolute atomic E-state index is 12.5. The average Bonchev–Trinajstić information content (AvgIpc) is 2.93. The quantitative estimate of drug-likeness (QED) is 0.748. The highest BCUT2D eigenvalue weighted by Crippen LogP contribution is 2.51. The third kappa shape index (κ3) is 3.84. The summed E-state index contributed by atoms with van der Waals surface area (Å²) in [5.41, 5.74) is 4.13. The van der Waals surface area contributed by atoms with Crippen LogP contribution in [0.3, 0.4) is 0 Å². The van der Waals surface area contributed by atoms with Crippen molar-refractivity contribution in [2.24, 2.45) is 5.41 Å². The molecule has 1 aliphatic rings. The molecule has 1 atom stereocenters. The molecule has 2 aromatic rings. The molecule has 2 nitrogen and oxygen atoms in total. The van der Waals surface area contributed by atoms with Gasteiger partial charge in [-0.3, -0.25) is 0 Å². The van der Waals surface area contributed by atoms with Crippen molar-refractivity contribution in [1.82, 2.24) is 0 Å². The summed E-state index contributed by atoms with van der Waals surface area (Å²) in [5, 5.41) is 9.54. The Hall–Kier alpha value is -1.94. The molecule has 1 saturated carbocycles. The first-order valence-corrected chi connectivity index (χ1v) is 8.69. The van der Waals surface area contributed by atoms with E-state index in [9.17, 15) is 13.9 Å². The molecule has 0 aromatic heterocycles. The predicted molar refractivity (Wildman–Crippen MR) is 94.8 cm³/mol. The fourth-order valence-electron chi connectivity index (χ4n) is 4.00. The number of aliphatic hydroxyl groups is 1. The van der Waals surface area contributed by atoms with Crippen LogP contribution in [-0.2, 0) is 6.61 Å². The Morgan fingerprint density at radius 2 is 2.00 bits per heavy atom. The van der Waals surface area contributed by atoms with Gasteiger partial charge in [0, 0.05) is 0 Å². The lowest BCUT2D eigenvalue weighted by Crippen LogP contribution is -2.16. The van der Waals surface area contributed by atoms with Crippen LogP contribution in [0.15, 0.2) is 42.5 Å². The summed E-state index contributed by atoms with van der Waals surface area (Å²) in [6.07, 6.45) is 3.44. The molecule has 25 heavy (non-hydrogen) atoms. The molecule has 0 spiro atoms. The smallest absolute Gasteiger partial charge is 0.387 e.